The molecule has 0 aliphatic carbocycles. The number of ether oxygens (including phenoxy) is 1. The number of esters is 1. The van der Waals surface area contributed by atoms with Crippen LogP contribution in [-0.4, -0.2) is 23.5 Å². The summed E-state index contributed by atoms with van der Waals surface area (Å²) in [7, 11) is 0. The van der Waals surface area contributed by atoms with E-state index in [2.05, 4.69) is 15.0 Å². The highest BCUT2D eigenvalue weighted by Crippen LogP contribution is 2.15. The monoisotopic (exact) mass is 346 g/mol. The lowest BCUT2D eigenvalue weighted by Crippen LogP contribution is -2.24. The molecule has 0 bridgehead atoms. The molecule has 0 saturated carbocycles. The summed E-state index contributed by atoms with van der Waals surface area (Å²) in [5, 5.41) is 3.60. The topological polar surface area (TPSA) is 68.3 Å². The van der Waals surface area contributed by atoms with Gasteiger partial charge in [-0.2, -0.15) is 0 Å². The van der Waals surface area contributed by atoms with Gasteiger partial charge in [-0.15, -0.1) is 0 Å². The van der Waals surface area contributed by atoms with E-state index >= 15 is 0 Å². The zero-order valence-electron chi connectivity index (χ0n) is 14.3. The van der Waals surface area contributed by atoms with Gasteiger partial charge >= 0.3 is 11.9 Å². The van der Waals surface area contributed by atoms with Crippen LogP contribution in [0.4, 0.5) is 5.69 Å². The Hall–Kier alpha value is -3.47. The lowest BCUT2D eigenvalue weighted by atomic mass is 10.1. The van der Waals surface area contributed by atoms with E-state index in [9.17, 15) is 9.59 Å². The van der Waals surface area contributed by atoms with Crippen LogP contribution in [0.2, 0.25) is 0 Å². The van der Waals surface area contributed by atoms with Gasteiger partial charge in [-0.25, -0.2) is 9.78 Å². The molecule has 0 radical (unpaired) electrons. The minimum Gasteiger partial charge on any atom is -0.459 e. The van der Waals surface area contributed by atoms with Crippen LogP contribution in [0, 0.1) is 0 Å². The molecule has 0 atom stereocenters. The van der Waals surface area contributed by atoms with E-state index in [0.717, 1.165) is 22.2 Å². The van der Waals surface area contributed by atoms with Crippen LogP contribution < -0.4 is 5.32 Å². The molecule has 2 aromatic carbocycles. The number of anilines is 1. The van der Waals surface area contributed by atoms with Crippen LogP contribution in [0.1, 0.15) is 18.2 Å². The molecule has 5 heteroatoms. The highest BCUT2D eigenvalue weighted by molar-refractivity contribution is 6.37. The Morgan fingerprint density at radius 2 is 1.77 bits per heavy atom. The molecule has 0 spiro atoms. The van der Waals surface area contributed by atoms with Gasteiger partial charge in [-0.1, -0.05) is 42.5 Å². The lowest BCUT2D eigenvalue weighted by molar-refractivity contribution is -0.152. The number of carbonyl (C=O) groups is 2. The number of rotatable bonds is 4. The minimum atomic E-state index is -0.890. The normalized spacial score (nSPS) is 10.8. The number of nitrogens with zero attached hydrogens (tertiary/aromatic N) is 1. The number of aromatic nitrogens is 1. The molecule has 0 fully saturated rings. The second-order valence-corrected chi connectivity index (χ2v) is 5.56. The van der Waals surface area contributed by atoms with Gasteiger partial charge in [0.05, 0.1) is 17.8 Å². The van der Waals surface area contributed by atoms with Crippen molar-refractivity contribution in [3.05, 3.63) is 71.9 Å². The molecule has 1 N–H and O–H groups in total. The van der Waals surface area contributed by atoms with Crippen molar-refractivity contribution in [3.8, 4) is 0 Å². The standard InChI is InChI=1S/C21H18N2O3/c1-2-26-21(25)20(24)23-18-12-8-15(9-13-18)7-11-17-14-10-16-5-3-4-6-19(16)22-17/h3-14H,2H2,1H3,(H,23,24). The van der Waals surface area contributed by atoms with Crippen molar-refractivity contribution in [3.63, 3.8) is 0 Å². The van der Waals surface area contributed by atoms with E-state index in [1.165, 1.54) is 0 Å². The van der Waals surface area contributed by atoms with Crippen molar-refractivity contribution in [2.75, 3.05) is 11.9 Å². The van der Waals surface area contributed by atoms with E-state index in [1.807, 2.05) is 60.7 Å². The summed E-state index contributed by atoms with van der Waals surface area (Å²) in [6.45, 7) is 1.81. The number of hydrogen-bond acceptors (Lipinski definition) is 4. The molecule has 0 saturated heterocycles. The fraction of sp³-hybridized carbons (Fsp3) is 0.0952. The summed E-state index contributed by atoms with van der Waals surface area (Å²) in [4.78, 5) is 27.5. The summed E-state index contributed by atoms with van der Waals surface area (Å²) >= 11 is 0. The molecule has 0 aliphatic rings. The summed E-state index contributed by atoms with van der Waals surface area (Å²) in [6, 6.07) is 19.1. The van der Waals surface area contributed by atoms with Gasteiger partial charge in [0, 0.05) is 11.1 Å². The molecule has 26 heavy (non-hydrogen) atoms. The predicted octanol–water partition coefficient (Wildman–Crippen LogP) is 3.91. The Kier molecular flexibility index (Phi) is 5.39. The molecule has 5 nitrogen and oxygen atoms in total. The first-order valence-corrected chi connectivity index (χ1v) is 8.28. The van der Waals surface area contributed by atoms with Gasteiger partial charge < -0.3 is 10.1 Å². The second kappa shape index (κ2) is 8.07. The Morgan fingerprint density at radius 3 is 2.54 bits per heavy atom. The van der Waals surface area contributed by atoms with Crippen molar-refractivity contribution >= 4 is 40.6 Å². The molecule has 3 aromatic rings. The molecule has 1 amide bonds. The first-order chi connectivity index (χ1) is 12.7. The fourth-order valence-electron chi connectivity index (χ4n) is 2.41. The van der Waals surface area contributed by atoms with Gasteiger partial charge in [0.2, 0.25) is 0 Å². The number of para-hydroxylation sites is 1. The zero-order valence-corrected chi connectivity index (χ0v) is 14.3. The maximum atomic E-state index is 11.6. The first-order valence-electron chi connectivity index (χ1n) is 8.28. The van der Waals surface area contributed by atoms with Crippen LogP contribution in [0.25, 0.3) is 23.1 Å². The minimum absolute atomic E-state index is 0.165. The summed E-state index contributed by atoms with van der Waals surface area (Å²) in [6.07, 6.45) is 3.87. The third kappa shape index (κ3) is 4.33. The highest BCUT2D eigenvalue weighted by Gasteiger charge is 2.14. The third-order valence-electron chi connectivity index (χ3n) is 3.70. The van der Waals surface area contributed by atoms with Crippen molar-refractivity contribution in [2.45, 2.75) is 6.92 Å². The number of fused-ring (bicyclic) bond motifs is 1. The molecule has 1 heterocycles. The maximum Gasteiger partial charge on any atom is 0.397 e. The van der Waals surface area contributed by atoms with Crippen LogP contribution in [0.15, 0.2) is 60.7 Å². The quantitative estimate of drug-likeness (QED) is 0.574. The van der Waals surface area contributed by atoms with Gasteiger partial charge in [0.1, 0.15) is 0 Å². The largest absolute Gasteiger partial charge is 0.459 e. The second-order valence-electron chi connectivity index (χ2n) is 5.56. The van der Waals surface area contributed by atoms with Crippen LogP contribution in [-0.2, 0) is 14.3 Å². The average Bonchev–Trinajstić information content (AvgIpc) is 2.67. The van der Waals surface area contributed by atoms with Crippen molar-refractivity contribution in [2.24, 2.45) is 0 Å². The van der Waals surface area contributed by atoms with E-state index in [0.29, 0.717) is 5.69 Å². The fourth-order valence-corrected chi connectivity index (χ4v) is 2.41. The Morgan fingerprint density at radius 1 is 1.00 bits per heavy atom. The van der Waals surface area contributed by atoms with Crippen LogP contribution in [0.3, 0.4) is 0 Å². The molecule has 0 aliphatic heterocycles. The van der Waals surface area contributed by atoms with Crippen molar-refractivity contribution in [1.82, 2.24) is 4.98 Å². The van der Waals surface area contributed by atoms with E-state index in [1.54, 1.807) is 19.1 Å². The number of nitrogens with one attached hydrogen (secondary N) is 1. The Balaban J connectivity index is 1.67. The number of hydrogen-bond donors (Lipinski definition) is 1. The summed E-state index contributed by atoms with van der Waals surface area (Å²) in [5.74, 6) is -1.67. The summed E-state index contributed by atoms with van der Waals surface area (Å²) < 4.78 is 4.65. The highest BCUT2D eigenvalue weighted by atomic mass is 16.5. The van der Waals surface area contributed by atoms with Crippen molar-refractivity contribution in [1.29, 1.82) is 0 Å². The lowest BCUT2D eigenvalue weighted by Gasteiger charge is -2.04. The molecule has 1 aromatic heterocycles. The van der Waals surface area contributed by atoms with Gasteiger partial charge in [-0.05, 0) is 42.8 Å². The van der Waals surface area contributed by atoms with Crippen LogP contribution >= 0.6 is 0 Å². The smallest absolute Gasteiger partial charge is 0.397 e. The summed E-state index contributed by atoms with van der Waals surface area (Å²) in [5.41, 5.74) is 3.30. The maximum absolute atomic E-state index is 11.6. The Labute approximate surface area is 151 Å². The number of amides is 1. The molecule has 0 unspecified atom stereocenters. The Bertz CT molecular complexity index is 962. The average molecular weight is 346 g/mol. The molecule has 3 rings (SSSR count). The third-order valence-corrected chi connectivity index (χ3v) is 3.70. The number of carbonyl (C=O) groups excluding carboxylic acids is 2. The predicted molar refractivity (Wildman–Crippen MR) is 102 cm³/mol. The first kappa shape index (κ1) is 17.4. The van der Waals surface area contributed by atoms with Crippen LogP contribution in [0.5, 0.6) is 0 Å². The SMILES string of the molecule is CCOC(=O)C(=O)Nc1ccc(C=Cc2ccc3ccccc3n2)cc1. The van der Waals surface area contributed by atoms with Gasteiger partial charge in [-0.3, -0.25) is 4.79 Å². The molecular formula is C21H18N2O3. The van der Waals surface area contributed by atoms with Crippen molar-refractivity contribution < 1.29 is 14.3 Å². The number of benzene rings is 2. The van der Waals surface area contributed by atoms with E-state index in [-0.39, 0.29) is 6.61 Å². The molecular weight excluding hydrogens is 328 g/mol. The zero-order chi connectivity index (χ0) is 18.4. The number of pyridine rings is 1. The van der Waals surface area contributed by atoms with Gasteiger partial charge in [0.25, 0.3) is 0 Å². The molecule has 130 valence electrons. The van der Waals surface area contributed by atoms with E-state index in [4.69, 9.17) is 0 Å². The van der Waals surface area contributed by atoms with E-state index < -0.39 is 11.9 Å². The van der Waals surface area contributed by atoms with Gasteiger partial charge in [0.15, 0.2) is 0 Å².